The van der Waals surface area contributed by atoms with Crippen LogP contribution >= 0.6 is 0 Å². The predicted octanol–water partition coefficient (Wildman–Crippen LogP) is 2.32. The molecule has 1 fully saturated rings. The topological polar surface area (TPSA) is 68.1 Å². The molecule has 29 heavy (non-hydrogen) atoms. The van der Waals surface area contributed by atoms with Gasteiger partial charge in [-0.15, -0.1) is 0 Å². The number of hydrogen-bond acceptors (Lipinski definition) is 6. The Morgan fingerprint density at radius 3 is 2.66 bits per heavy atom. The van der Waals surface area contributed by atoms with Gasteiger partial charge in [0.05, 0.1) is 25.6 Å². The van der Waals surface area contributed by atoms with Crippen LogP contribution < -0.4 is 25.2 Å². The van der Waals surface area contributed by atoms with E-state index in [2.05, 4.69) is 22.1 Å². The van der Waals surface area contributed by atoms with Crippen molar-refractivity contribution in [3.05, 3.63) is 52.7 Å². The molecule has 0 aliphatic carbocycles. The van der Waals surface area contributed by atoms with Crippen LogP contribution in [-0.2, 0) is 0 Å². The fourth-order valence-electron chi connectivity index (χ4n) is 3.63. The van der Waals surface area contributed by atoms with Gasteiger partial charge in [0, 0.05) is 49.6 Å². The Morgan fingerprint density at radius 1 is 1.17 bits per heavy atom. The van der Waals surface area contributed by atoms with E-state index in [1.807, 2.05) is 6.07 Å². The maximum absolute atomic E-state index is 14.6. The molecule has 0 radical (unpaired) electrons. The Balaban J connectivity index is 1.77. The third kappa shape index (κ3) is 3.63. The number of fused-ring (bicyclic) bond motifs is 1. The van der Waals surface area contributed by atoms with E-state index in [1.54, 1.807) is 12.3 Å². The van der Waals surface area contributed by atoms with Crippen molar-refractivity contribution in [3.8, 4) is 22.8 Å². The van der Waals surface area contributed by atoms with Crippen molar-refractivity contribution in [1.82, 2.24) is 14.7 Å². The molecule has 0 unspecified atom stereocenters. The van der Waals surface area contributed by atoms with Gasteiger partial charge in [0.15, 0.2) is 11.5 Å². The molecule has 1 atom stereocenters. The molecule has 3 aromatic rings. The van der Waals surface area contributed by atoms with E-state index in [9.17, 15) is 9.18 Å². The normalized spacial score (nSPS) is 16.8. The predicted molar refractivity (Wildman–Crippen MR) is 110 cm³/mol. The number of nitrogens with zero attached hydrogens (tertiary/aromatic N) is 3. The molecule has 0 saturated carbocycles. The molecule has 1 aromatic carbocycles. The highest BCUT2D eigenvalue weighted by Gasteiger charge is 2.18. The number of methoxy groups -OCH3 is 2. The molecular formula is C21H23FN4O3. The summed E-state index contributed by atoms with van der Waals surface area (Å²) in [6.07, 6.45) is 1.79. The van der Waals surface area contributed by atoms with Crippen LogP contribution in [0, 0.1) is 5.82 Å². The summed E-state index contributed by atoms with van der Waals surface area (Å²) < 4.78 is 26.5. The van der Waals surface area contributed by atoms with E-state index in [1.165, 1.54) is 36.8 Å². The first-order chi connectivity index (χ1) is 14.0. The smallest absolute Gasteiger partial charge is 0.258 e. The zero-order valence-electron chi connectivity index (χ0n) is 16.6. The minimum Gasteiger partial charge on any atom is -0.493 e. The van der Waals surface area contributed by atoms with Gasteiger partial charge in [-0.1, -0.05) is 0 Å². The van der Waals surface area contributed by atoms with Gasteiger partial charge >= 0.3 is 0 Å². The van der Waals surface area contributed by atoms with Crippen molar-refractivity contribution in [1.29, 1.82) is 0 Å². The van der Waals surface area contributed by atoms with E-state index in [-0.39, 0.29) is 22.6 Å². The summed E-state index contributed by atoms with van der Waals surface area (Å²) in [6.45, 7) is 4.75. The van der Waals surface area contributed by atoms with Gasteiger partial charge < -0.3 is 19.7 Å². The molecule has 0 spiro atoms. The van der Waals surface area contributed by atoms with E-state index in [4.69, 9.17) is 9.47 Å². The van der Waals surface area contributed by atoms with Crippen LogP contribution in [0.4, 0.5) is 10.1 Å². The van der Waals surface area contributed by atoms with E-state index in [0.717, 1.165) is 25.3 Å². The average Bonchev–Trinajstić information content (AvgIpc) is 2.73. The van der Waals surface area contributed by atoms with Crippen LogP contribution in [0.1, 0.15) is 6.92 Å². The number of anilines is 1. The lowest BCUT2D eigenvalue weighted by Gasteiger charge is -2.33. The number of piperazine rings is 1. The molecule has 3 heterocycles. The second-order valence-electron chi connectivity index (χ2n) is 7.08. The second-order valence-corrected chi connectivity index (χ2v) is 7.08. The van der Waals surface area contributed by atoms with Crippen molar-refractivity contribution in [2.75, 3.05) is 38.8 Å². The SMILES string of the molecule is COc1cc(F)c(-c2cc(=O)n3cc(N4CCN[C@@H](C)C4)ccc3n2)cc1OC. The quantitative estimate of drug-likeness (QED) is 0.728. The lowest BCUT2D eigenvalue weighted by molar-refractivity contribution is 0.352. The van der Waals surface area contributed by atoms with Crippen LogP contribution in [0.25, 0.3) is 16.9 Å². The van der Waals surface area contributed by atoms with Gasteiger partial charge in [-0.25, -0.2) is 9.37 Å². The molecule has 1 aliphatic heterocycles. The van der Waals surface area contributed by atoms with Crippen molar-refractivity contribution in [3.63, 3.8) is 0 Å². The first-order valence-corrected chi connectivity index (χ1v) is 9.44. The molecule has 1 aliphatic rings. The number of benzene rings is 1. The van der Waals surface area contributed by atoms with Crippen molar-refractivity contribution in [2.45, 2.75) is 13.0 Å². The monoisotopic (exact) mass is 398 g/mol. The Hall–Kier alpha value is -3.13. The standard InChI is InChI=1S/C21H23FN4O3/c1-13-11-25(7-6-23-13)14-4-5-20-24-17(10-21(27)26(20)12-14)15-8-18(28-2)19(29-3)9-16(15)22/h4-5,8-10,12-13,23H,6-7,11H2,1-3H3/t13-/m0/s1. The summed E-state index contributed by atoms with van der Waals surface area (Å²) in [4.78, 5) is 19.5. The molecule has 4 rings (SSSR count). The highest BCUT2D eigenvalue weighted by atomic mass is 19.1. The fraction of sp³-hybridized carbons (Fsp3) is 0.333. The summed E-state index contributed by atoms with van der Waals surface area (Å²) in [5.74, 6) is 0.112. The number of hydrogen-bond donors (Lipinski definition) is 1. The van der Waals surface area contributed by atoms with Gasteiger partial charge in [0.1, 0.15) is 11.5 Å². The van der Waals surface area contributed by atoms with Crippen LogP contribution in [0.15, 0.2) is 41.3 Å². The maximum Gasteiger partial charge on any atom is 0.258 e. The number of ether oxygens (including phenoxy) is 2. The molecule has 0 amide bonds. The number of pyridine rings is 1. The Bertz CT molecular complexity index is 1120. The second kappa shape index (κ2) is 7.71. The average molecular weight is 398 g/mol. The Kier molecular flexibility index (Phi) is 5.10. The maximum atomic E-state index is 14.6. The molecule has 1 saturated heterocycles. The summed E-state index contributed by atoms with van der Waals surface area (Å²) in [7, 11) is 2.91. The van der Waals surface area contributed by atoms with Crippen LogP contribution in [0.2, 0.25) is 0 Å². The highest BCUT2D eigenvalue weighted by Crippen LogP contribution is 2.34. The third-order valence-corrected chi connectivity index (χ3v) is 5.13. The molecular weight excluding hydrogens is 375 g/mol. The van der Waals surface area contributed by atoms with Crippen LogP contribution in [0.5, 0.6) is 11.5 Å². The van der Waals surface area contributed by atoms with Gasteiger partial charge in [0.2, 0.25) is 0 Å². The van der Waals surface area contributed by atoms with Gasteiger partial charge in [0.25, 0.3) is 5.56 Å². The molecule has 1 N–H and O–H groups in total. The largest absolute Gasteiger partial charge is 0.493 e. The fourth-order valence-corrected chi connectivity index (χ4v) is 3.63. The molecule has 7 nitrogen and oxygen atoms in total. The first kappa shape index (κ1) is 19.2. The van der Waals surface area contributed by atoms with E-state index < -0.39 is 5.82 Å². The van der Waals surface area contributed by atoms with E-state index in [0.29, 0.717) is 17.4 Å². The summed E-state index contributed by atoms with van der Waals surface area (Å²) in [5, 5.41) is 3.40. The minimum atomic E-state index is -0.537. The number of rotatable bonds is 4. The molecule has 8 heteroatoms. The summed E-state index contributed by atoms with van der Waals surface area (Å²) >= 11 is 0. The number of halogens is 1. The highest BCUT2D eigenvalue weighted by molar-refractivity contribution is 5.67. The van der Waals surface area contributed by atoms with E-state index >= 15 is 0 Å². The summed E-state index contributed by atoms with van der Waals surface area (Å²) in [5.41, 5.74) is 1.57. The van der Waals surface area contributed by atoms with Crippen LogP contribution in [0.3, 0.4) is 0 Å². The first-order valence-electron chi connectivity index (χ1n) is 9.44. The van der Waals surface area contributed by atoms with Crippen molar-refractivity contribution in [2.24, 2.45) is 0 Å². The van der Waals surface area contributed by atoms with Crippen molar-refractivity contribution < 1.29 is 13.9 Å². The lowest BCUT2D eigenvalue weighted by Crippen LogP contribution is -2.49. The zero-order valence-corrected chi connectivity index (χ0v) is 16.6. The summed E-state index contributed by atoms with van der Waals surface area (Å²) in [6, 6.07) is 8.15. The van der Waals surface area contributed by atoms with Gasteiger partial charge in [-0.05, 0) is 25.1 Å². The third-order valence-electron chi connectivity index (χ3n) is 5.13. The molecule has 0 bridgehead atoms. The van der Waals surface area contributed by atoms with Crippen molar-refractivity contribution >= 4 is 11.3 Å². The lowest BCUT2D eigenvalue weighted by atomic mass is 10.1. The Labute approximate surface area is 167 Å². The number of nitrogens with one attached hydrogen (secondary N) is 1. The molecule has 152 valence electrons. The number of aromatic nitrogens is 2. The van der Waals surface area contributed by atoms with Crippen LogP contribution in [-0.4, -0.2) is 49.3 Å². The minimum absolute atomic E-state index is 0.183. The Morgan fingerprint density at radius 2 is 1.93 bits per heavy atom. The molecule has 2 aromatic heterocycles. The van der Waals surface area contributed by atoms with Gasteiger partial charge in [-0.3, -0.25) is 9.20 Å². The zero-order chi connectivity index (χ0) is 20.5. The van der Waals surface area contributed by atoms with Gasteiger partial charge in [-0.2, -0.15) is 0 Å².